The van der Waals surface area contributed by atoms with E-state index >= 15 is 0 Å². The minimum absolute atomic E-state index is 0.355. The van der Waals surface area contributed by atoms with E-state index in [-0.39, 0.29) is 5.69 Å². The third kappa shape index (κ3) is 5.72. The summed E-state index contributed by atoms with van der Waals surface area (Å²) in [5.41, 5.74) is -5.33. The zero-order valence-electron chi connectivity index (χ0n) is 15.2. The number of rotatable bonds is 5. The standard InChI is InChI=1S/C18H15F6NO4S/c1-16(27,15(26)25-13-6-2-4-11(8-13)17(19,20)21)10-30(28,29)14-7-3-5-12(9-14)18(22,23)24/h2-9,27H,10H2,1H3,(H,25,26)/t16-/m1/s1. The van der Waals surface area contributed by atoms with Crippen LogP contribution in [0, 0.1) is 0 Å². The third-order valence-corrected chi connectivity index (χ3v) is 5.84. The summed E-state index contributed by atoms with van der Waals surface area (Å²) in [5, 5.41) is 12.2. The fourth-order valence-electron chi connectivity index (χ4n) is 2.42. The topological polar surface area (TPSA) is 83.5 Å². The Morgan fingerprint density at radius 1 is 0.933 bits per heavy atom. The molecule has 0 bridgehead atoms. The molecule has 0 aliphatic heterocycles. The van der Waals surface area contributed by atoms with E-state index in [0.717, 1.165) is 37.3 Å². The molecule has 30 heavy (non-hydrogen) atoms. The van der Waals surface area contributed by atoms with E-state index in [1.54, 1.807) is 0 Å². The molecule has 2 N–H and O–H groups in total. The van der Waals surface area contributed by atoms with Gasteiger partial charge in [-0.2, -0.15) is 26.3 Å². The lowest BCUT2D eigenvalue weighted by molar-refractivity contribution is -0.138. The van der Waals surface area contributed by atoms with Gasteiger partial charge in [-0.1, -0.05) is 12.1 Å². The van der Waals surface area contributed by atoms with Crippen LogP contribution in [0.4, 0.5) is 32.0 Å². The van der Waals surface area contributed by atoms with Crippen LogP contribution >= 0.6 is 0 Å². The molecule has 1 atom stereocenters. The van der Waals surface area contributed by atoms with Gasteiger partial charge in [0.15, 0.2) is 15.4 Å². The van der Waals surface area contributed by atoms with Crippen LogP contribution in [-0.4, -0.2) is 30.8 Å². The monoisotopic (exact) mass is 455 g/mol. The minimum atomic E-state index is -4.81. The molecule has 0 fully saturated rings. The molecule has 5 nitrogen and oxygen atoms in total. The van der Waals surface area contributed by atoms with Crippen LogP contribution in [0.15, 0.2) is 53.4 Å². The molecule has 1 amide bonds. The molecule has 0 radical (unpaired) electrons. The molecule has 0 heterocycles. The Labute approximate surface area is 167 Å². The molecular formula is C18H15F6NO4S. The molecule has 0 aliphatic rings. The van der Waals surface area contributed by atoms with E-state index in [2.05, 4.69) is 0 Å². The van der Waals surface area contributed by atoms with Crippen LogP contribution in [0.1, 0.15) is 18.1 Å². The Morgan fingerprint density at radius 2 is 1.43 bits per heavy atom. The number of hydrogen-bond donors (Lipinski definition) is 2. The van der Waals surface area contributed by atoms with E-state index in [4.69, 9.17) is 0 Å². The predicted octanol–water partition coefficient (Wildman–Crippen LogP) is 3.89. The third-order valence-electron chi connectivity index (χ3n) is 3.93. The molecule has 164 valence electrons. The van der Waals surface area contributed by atoms with E-state index in [0.29, 0.717) is 18.2 Å². The number of nitrogens with one attached hydrogen (secondary N) is 1. The molecule has 0 unspecified atom stereocenters. The van der Waals surface area contributed by atoms with Crippen LogP contribution in [0.3, 0.4) is 0 Å². The zero-order valence-corrected chi connectivity index (χ0v) is 16.0. The van der Waals surface area contributed by atoms with Crippen molar-refractivity contribution in [1.82, 2.24) is 0 Å². The number of hydrogen-bond acceptors (Lipinski definition) is 4. The average molecular weight is 455 g/mol. The highest BCUT2D eigenvalue weighted by atomic mass is 32.2. The van der Waals surface area contributed by atoms with Gasteiger partial charge in [0.05, 0.1) is 21.8 Å². The van der Waals surface area contributed by atoms with Gasteiger partial charge < -0.3 is 10.4 Å². The van der Waals surface area contributed by atoms with Crippen molar-refractivity contribution in [2.45, 2.75) is 29.8 Å². The van der Waals surface area contributed by atoms with Gasteiger partial charge in [0.25, 0.3) is 5.91 Å². The summed E-state index contributed by atoms with van der Waals surface area (Å²) in [6.07, 6.45) is -9.51. The number of amides is 1. The lowest BCUT2D eigenvalue weighted by Crippen LogP contribution is -2.45. The van der Waals surface area contributed by atoms with Gasteiger partial charge in [0.1, 0.15) is 0 Å². The number of benzene rings is 2. The second-order valence-electron chi connectivity index (χ2n) is 6.59. The van der Waals surface area contributed by atoms with Crippen molar-refractivity contribution in [1.29, 1.82) is 0 Å². The number of anilines is 1. The molecule has 2 rings (SSSR count). The molecule has 0 saturated heterocycles. The van der Waals surface area contributed by atoms with Gasteiger partial charge in [-0.25, -0.2) is 8.42 Å². The average Bonchev–Trinajstić information content (AvgIpc) is 2.60. The fourth-order valence-corrected chi connectivity index (χ4v) is 4.05. The van der Waals surface area contributed by atoms with Crippen molar-refractivity contribution in [3.8, 4) is 0 Å². The summed E-state index contributed by atoms with van der Waals surface area (Å²) in [4.78, 5) is 11.5. The first-order valence-electron chi connectivity index (χ1n) is 8.13. The Morgan fingerprint density at radius 3 is 1.97 bits per heavy atom. The maximum atomic E-state index is 12.8. The summed E-state index contributed by atoms with van der Waals surface area (Å²) in [6, 6.07) is 6.13. The minimum Gasteiger partial charge on any atom is -0.379 e. The van der Waals surface area contributed by atoms with Crippen molar-refractivity contribution >= 4 is 21.4 Å². The zero-order chi connectivity index (χ0) is 23.0. The molecule has 2 aromatic rings. The van der Waals surface area contributed by atoms with Gasteiger partial charge in [-0.3, -0.25) is 4.79 Å². The Bertz CT molecular complexity index is 1050. The molecule has 0 aliphatic carbocycles. The van der Waals surface area contributed by atoms with Gasteiger partial charge in [-0.15, -0.1) is 0 Å². The fraction of sp³-hybridized carbons (Fsp3) is 0.278. The molecule has 2 aromatic carbocycles. The first-order valence-corrected chi connectivity index (χ1v) is 9.79. The first kappa shape index (κ1) is 23.7. The van der Waals surface area contributed by atoms with Crippen LogP contribution in [-0.2, 0) is 27.0 Å². The number of halogens is 6. The van der Waals surface area contributed by atoms with Crippen molar-refractivity contribution in [2.75, 3.05) is 11.1 Å². The first-order chi connectivity index (χ1) is 13.5. The van der Waals surface area contributed by atoms with Crippen LogP contribution in [0.5, 0.6) is 0 Å². The number of alkyl halides is 6. The molecule has 12 heteroatoms. The lowest BCUT2D eigenvalue weighted by Gasteiger charge is -2.22. The normalized spacial score (nSPS) is 14.8. The summed E-state index contributed by atoms with van der Waals surface area (Å²) in [5.74, 6) is -2.65. The van der Waals surface area contributed by atoms with Crippen LogP contribution < -0.4 is 5.32 Å². The highest BCUT2D eigenvalue weighted by molar-refractivity contribution is 7.91. The van der Waals surface area contributed by atoms with Gasteiger partial charge in [0, 0.05) is 5.69 Å². The maximum Gasteiger partial charge on any atom is 0.416 e. The van der Waals surface area contributed by atoms with E-state index < -0.39 is 55.5 Å². The molecule has 0 spiro atoms. The summed E-state index contributed by atoms with van der Waals surface area (Å²) in [7, 11) is -4.56. The van der Waals surface area contributed by atoms with Crippen LogP contribution in [0.2, 0.25) is 0 Å². The van der Waals surface area contributed by atoms with Crippen molar-refractivity contribution in [2.24, 2.45) is 0 Å². The molecule has 0 aromatic heterocycles. The van der Waals surface area contributed by atoms with Gasteiger partial charge in [0.2, 0.25) is 0 Å². The van der Waals surface area contributed by atoms with Gasteiger partial charge >= 0.3 is 12.4 Å². The van der Waals surface area contributed by atoms with Crippen molar-refractivity contribution < 1.29 is 44.7 Å². The smallest absolute Gasteiger partial charge is 0.379 e. The number of carbonyl (C=O) groups is 1. The number of sulfone groups is 1. The van der Waals surface area contributed by atoms with Crippen LogP contribution in [0.25, 0.3) is 0 Å². The summed E-state index contributed by atoms with van der Waals surface area (Å²) >= 11 is 0. The predicted molar refractivity (Wildman–Crippen MR) is 94.2 cm³/mol. The Kier molecular flexibility index (Phi) is 6.24. The summed E-state index contributed by atoms with van der Waals surface area (Å²) < 4.78 is 101. The second-order valence-corrected chi connectivity index (χ2v) is 8.58. The Hall–Kier alpha value is -2.60. The SMILES string of the molecule is C[C@@](O)(CS(=O)(=O)c1cccc(C(F)(F)F)c1)C(=O)Nc1cccc(C(F)(F)F)c1. The van der Waals surface area contributed by atoms with E-state index in [9.17, 15) is 44.7 Å². The maximum absolute atomic E-state index is 12.8. The van der Waals surface area contributed by atoms with Gasteiger partial charge in [-0.05, 0) is 43.3 Å². The molecule has 0 saturated carbocycles. The lowest BCUT2D eigenvalue weighted by atomic mass is 10.1. The highest BCUT2D eigenvalue weighted by Crippen LogP contribution is 2.32. The van der Waals surface area contributed by atoms with E-state index in [1.165, 1.54) is 0 Å². The molecular weight excluding hydrogens is 440 g/mol. The van der Waals surface area contributed by atoms with Crippen molar-refractivity contribution in [3.63, 3.8) is 0 Å². The largest absolute Gasteiger partial charge is 0.416 e. The second kappa shape index (κ2) is 7.91. The Balaban J connectivity index is 2.24. The highest BCUT2D eigenvalue weighted by Gasteiger charge is 2.38. The number of aliphatic hydroxyl groups is 1. The number of carbonyl (C=O) groups excluding carboxylic acids is 1. The summed E-state index contributed by atoms with van der Waals surface area (Å²) in [6.45, 7) is 0.779. The van der Waals surface area contributed by atoms with Crippen molar-refractivity contribution in [3.05, 3.63) is 59.7 Å². The van der Waals surface area contributed by atoms with E-state index in [1.807, 2.05) is 5.32 Å². The quantitative estimate of drug-likeness (QED) is 0.671.